The number of piperidine rings is 2. The van der Waals surface area contributed by atoms with Crippen molar-refractivity contribution in [1.82, 2.24) is 14.7 Å². The van der Waals surface area contributed by atoms with E-state index in [1.165, 1.54) is 19.1 Å². The van der Waals surface area contributed by atoms with Crippen LogP contribution in [0.3, 0.4) is 0 Å². The number of amides is 2. The number of nitrogens with zero attached hydrogens (tertiary/aromatic N) is 3. The van der Waals surface area contributed by atoms with Gasteiger partial charge in [0.05, 0.1) is 18.2 Å². The number of likely N-dealkylation sites (tertiary alicyclic amines) is 2. The number of ether oxygens (including phenoxy) is 1. The van der Waals surface area contributed by atoms with Crippen LogP contribution in [-0.4, -0.2) is 78.9 Å². The summed E-state index contributed by atoms with van der Waals surface area (Å²) in [5, 5.41) is 0. The molecule has 2 heterocycles. The van der Waals surface area contributed by atoms with Gasteiger partial charge < -0.3 is 14.5 Å². The maximum atomic E-state index is 13.5. The van der Waals surface area contributed by atoms with Crippen LogP contribution in [0.5, 0.6) is 5.75 Å². The van der Waals surface area contributed by atoms with Gasteiger partial charge in [0.1, 0.15) is 5.75 Å². The van der Waals surface area contributed by atoms with E-state index in [2.05, 4.69) is 4.90 Å². The highest BCUT2D eigenvalue weighted by atomic mass is 19.4. The lowest BCUT2D eigenvalue weighted by atomic mass is 9.83. The first-order chi connectivity index (χ1) is 19.2. The highest BCUT2D eigenvalue weighted by molar-refractivity contribution is 5.95. The molecule has 0 radical (unpaired) electrons. The average molecular weight is 586 g/mol. The van der Waals surface area contributed by atoms with Gasteiger partial charge in [-0.2, -0.15) is 26.3 Å². The van der Waals surface area contributed by atoms with E-state index in [9.17, 15) is 35.9 Å². The molecule has 41 heavy (non-hydrogen) atoms. The van der Waals surface area contributed by atoms with Crippen LogP contribution in [0, 0.1) is 0 Å². The van der Waals surface area contributed by atoms with E-state index < -0.39 is 41.0 Å². The first-order valence-electron chi connectivity index (χ1n) is 13.4. The molecule has 0 unspecified atom stereocenters. The number of benzene rings is 2. The third kappa shape index (κ3) is 6.97. The van der Waals surface area contributed by atoms with Crippen molar-refractivity contribution in [2.24, 2.45) is 0 Å². The second kappa shape index (κ2) is 11.9. The molecule has 2 atom stereocenters. The fraction of sp³-hybridized carbons (Fsp3) is 0.517. The van der Waals surface area contributed by atoms with Gasteiger partial charge in [-0.25, -0.2) is 0 Å². The van der Waals surface area contributed by atoms with Crippen LogP contribution >= 0.6 is 0 Å². The van der Waals surface area contributed by atoms with E-state index in [0.717, 1.165) is 18.4 Å². The van der Waals surface area contributed by atoms with Gasteiger partial charge in [0.15, 0.2) is 0 Å². The van der Waals surface area contributed by atoms with Gasteiger partial charge in [-0.05, 0) is 55.2 Å². The Morgan fingerprint density at radius 1 is 0.878 bits per heavy atom. The smallest absolute Gasteiger partial charge is 0.416 e. The second-order valence-electron chi connectivity index (χ2n) is 10.7. The number of carbonyl (C=O) groups excluding carboxylic acids is 2. The predicted molar refractivity (Wildman–Crippen MR) is 140 cm³/mol. The maximum Gasteiger partial charge on any atom is 0.416 e. The Hall–Kier alpha value is -3.28. The van der Waals surface area contributed by atoms with Crippen LogP contribution in [-0.2, 0) is 17.1 Å². The molecule has 6 nitrogen and oxygen atoms in total. The summed E-state index contributed by atoms with van der Waals surface area (Å²) < 4.78 is 86.0. The fourth-order valence-corrected chi connectivity index (χ4v) is 5.92. The molecular weight excluding hydrogens is 552 g/mol. The average Bonchev–Trinajstić information content (AvgIpc) is 2.95. The summed E-state index contributed by atoms with van der Waals surface area (Å²) in [6, 6.07) is 8.00. The zero-order chi connectivity index (χ0) is 30.1. The lowest BCUT2D eigenvalue weighted by molar-refractivity contribution is -0.143. The molecule has 2 aliphatic rings. The third-order valence-electron chi connectivity index (χ3n) is 8.23. The van der Waals surface area contributed by atoms with Crippen LogP contribution in [0.1, 0.15) is 59.2 Å². The Labute approximate surface area is 234 Å². The Bertz CT molecular complexity index is 1210. The van der Waals surface area contributed by atoms with Gasteiger partial charge in [0, 0.05) is 63.7 Å². The predicted octanol–water partition coefficient (Wildman–Crippen LogP) is 5.67. The minimum atomic E-state index is -5.05. The summed E-state index contributed by atoms with van der Waals surface area (Å²) in [6.07, 6.45) is -8.05. The summed E-state index contributed by atoms with van der Waals surface area (Å²) in [5.41, 5.74) is -2.84. The third-order valence-corrected chi connectivity index (χ3v) is 8.23. The molecule has 0 N–H and O–H groups in total. The summed E-state index contributed by atoms with van der Waals surface area (Å²) in [6.45, 7) is 3.96. The molecule has 0 saturated carbocycles. The Kier molecular flexibility index (Phi) is 8.91. The fourth-order valence-electron chi connectivity index (χ4n) is 5.92. The van der Waals surface area contributed by atoms with E-state index in [-0.39, 0.29) is 23.9 Å². The molecule has 4 rings (SSSR count). The van der Waals surface area contributed by atoms with E-state index in [1.54, 1.807) is 24.0 Å². The van der Waals surface area contributed by atoms with Gasteiger partial charge >= 0.3 is 12.4 Å². The van der Waals surface area contributed by atoms with Crippen molar-refractivity contribution in [2.45, 2.75) is 56.5 Å². The van der Waals surface area contributed by atoms with Crippen molar-refractivity contribution >= 4 is 11.8 Å². The summed E-state index contributed by atoms with van der Waals surface area (Å²) in [5.74, 6) is -0.514. The molecule has 0 bridgehead atoms. The molecule has 2 saturated heterocycles. The number of alkyl halides is 6. The minimum Gasteiger partial charge on any atom is -0.497 e. The van der Waals surface area contributed by atoms with Crippen LogP contribution in [0.25, 0.3) is 0 Å². The van der Waals surface area contributed by atoms with Gasteiger partial charge in [-0.15, -0.1) is 0 Å². The van der Waals surface area contributed by atoms with Gasteiger partial charge in [0.25, 0.3) is 5.91 Å². The Morgan fingerprint density at radius 2 is 1.44 bits per heavy atom. The SMILES string of the molecule is COc1ccc([C@@H]2CN(C3CCN(C(C)=O)CC3)CC[C@H]2N(C)C(=O)c2cc(C(F)(F)F)cc(C(F)(F)F)c2)cc1. The minimum absolute atomic E-state index is 0.0207. The Morgan fingerprint density at radius 3 is 1.93 bits per heavy atom. The second-order valence-corrected chi connectivity index (χ2v) is 10.7. The molecular formula is C29H33F6N3O3. The van der Waals surface area contributed by atoms with Crippen molar-refractivity contribution < 1.29 is 40.7 Å². The number of hydrogen-bond donors (Lipinski definition) is 0. The molecule has 2 fully saturated rings. The number of carbonyl (C=O) groups is 2. The van der Waals surface area contributed by atoms with Gasteiger partial charge in [0.2, 0.25) is 5.91 Å². The van der Waals surface area contributed by atoms with E-state index in [1.807, 2.05) is 12.1 Å². The molecule has 0 aromatic heterocycles. The van der Waals surface area contributed by atoms with Gasteiger partial charge in [-0.1, -0.05) is 12.1 Å². The van der Waals surface area contributed by atoms with Crippen LogP contribution < -0.4 is 4.74 Å². The maximum absolute atomic E-state index is 13.5. The molecule has 2 amide bonds. The van der Waals surface area contributed by atoms with E-state index in [0.29, 0.717) is 50.5 Å². The lowest BCUT2D eigenvalue weighted by Gasteiger charge is -2.47. The molecule has 0 spiro atoms. The number of halogens is 6. The number of methoxy groups -OCH3 is 1. The molecule has 2 aliphatic heterocycles. The van der Waals surface area contributed by atoms with Crippen molar-refractivity contribution in [3.8, 4) is 5.75 Å². The lowest BCUT2D eigenvalue weighted by Crippen LogP contribution is -2.55. The summed E-state index contributed by atoms with van der Waals surface area (Å²) in [7, 11) is 2.96. The summed E-state index contributed by atoms with van der Waals surface area (Å²) >= 11 is 0. The topological polar surface area (TPSA) is 53.1 Å². The van der Waals surface area contributed by atoms with E-state index >= 15 is 0 Å². The zero-order valence-corrected chi connectivity index (χ0v) is 23.1. The van der Waals surface area contributed by atoms with Crippen molar-refractivity contribution in [1.29, 1.82) is 0 Å². The van der Waals surface area contributed by atoms with Crippen molar-refractivity contribution in [2.75, 3.05) is 40.3 Å². The normalized spacial score (nSPS) is 21.0. The highest BCUT2D eigenvalue weighted by Crippen LogP contribution is 2.38. The number of hydrogen-bond acceptors (Lipinski definition) is 4. The molecule has 2 aromatic rings. The van der Waals surface area contributed by atoms with Gasteiger partial charge in [-0.3, -0.25) is 14.5 Å². The Balaban J connectivity index is 1.63. The number of rotatable bonds is 5. The van der Waals surface area contributed by atoms with Crippen molar-refractivity contribution in [3.63, 3.8) is 0 Å². The molecule has 0 aliphatic carbocycles. The van der Waals surface area contributed by atoms with Crippen LogP contribution in [0.4, 0.5) is 26.3 Å². The summed E-state index contributed by atoms with van der Waals surface area (Å²) in [4.78, 5) is 30.6. The number of likely N-dealkylation sites (N-methyl/N-ethyl adjacent to an activating group) is 1. The largest absolute Gasteiger partial charge is 0.497 e. The standard InChI is InChI=1S/C29H33F6N3O3/c1-18(39)37-11-8-23(9-12-37)38-13-10-26(25(17-38)19-4-6-24(41-3)7-5-19)36(2)27(40)20-14-21(28(30,31)32)16-22(15-20)29(33,34)35/h4-7,14-16,23,25-26H,8-13,17H2,1-3H3/t25-,26+/m0/s1. The monoisotopic (exact) mass is 585 g/mol. The van der Waals surface area contributed by atoms with E-state index in [4.69, 9.17) is 4.74 Å². The van der Waals surface area contributed by atoms with Crippen molar-refractivity contribution in [3.05, 3.63) is 64.7 Å². The highest BCUT2D eigenvalue weighted by Gasteiger charge is 2.41. The molecule has 224 valence electrons. The van der Waals surface area contributed by atoms with Crippen LogP contribution in [0.15, 0.2) is 42.5 Å². The molecule has 2 aromatic carbocycles. The molecule has 12 heteroatoms. The first-order valence-corrected chi connectivity index (χ1v) is 13.4. The van der Waals surface area contributed by atoms with Crippen LogP contribution in [0.2, 0.25) is 0 Å². The zero-order valence-electron chi connectivity index (χ0n) is 23.1. The quantitative estimate of drug-likeness (QED) is 0.425. The first kappa shape index (κ1) is 30.7.